The van der Waals surface area contributed by atoms with Crippen LogP contribution in [0.25, 0.3) is 0 Å². The molecule has 18 heavy (non-hydrogen) atoms. The molecular weight excluding hydrogens is 229 g/mol. The van der Waals surface area contributed by atoms with Crippen LogP contribution < -0.4 is 5.32 Å². The molecule has 0 bridgehead atoms. The fourth-order valence-corrected chi connectivity index (χ4v) is 1.73. The first-order chi connectivity index (χ1) is 8.65. The minimum absolute atomic E-state index is 0.204. The number of hydrogen-bond acceptors (Lipinski definition) is 2. The van der Waals surface area contributed by atoms with E-state index >= 15 is 0 Å². The number of nitrogens with one attached hydrogen (secondary N) is 1. The Balaban J connectivity index is 2.07. The first kappa shape index (κ1) is 12.6. The Morgan fingerprint density at radius 3 is 2.94 bits per heavy atom. The van der Waals surface area contributed by atoms with Gasteiger partial charge in [0.05, 0.1) is 6.54 Å². The fourth-order valence-electron chi connectivity index (χ4n) is 1.73. The van der Waals surface area contributed by atoms with Crippen molar-refractivity contribution in [1.29, 1.82) is 0 Å². The highest BCUT2D eigenvalue weighted by Gasteiger charge is 2.04. The molecule has 0 aliphatic rings. The average molecular weight is 247 g/mol. The summed E-state index contributed by atoms with van der Waals surface area (Å²) in [6.45, 7) is 5.79. The van der Waals surface area contributed by atoms with Crippen LogP contribution in [0.1, 0.15) is 19.4 Å². The van der Waals surface area contributed by atoms with Crippen molar-refractivity contribution in [3.05, 3.63) is 48.0 Å². The van der Waals surface area contributed by atoms with Crippen molar-refractivity contribution in [2.24, 2.45) is 5.92 Å². The number of nitrogens with zero attached hydrogens (tertiary/aromatic N) is 2. The predicted molar refractivity (Wildman–Crippen MR) is 71.1 cm³/mol. The molecule has 4 heteroatoms. The van der Waals surface area contributed by atoms with Crippen LogP contribution in [-0.4, -0.2) is 16.1 Å². The van der Waals surface area contributed by atoms with Crippen molar-refractivity contribution in [3.8, 4) is 0 Å². The maximum atomic E-state index is 13.1. The number of hydrogen-bond donors (Lipinski definition) is 1. The molecule has 0 saturated carbocycles. The zero-order valence-electron chi connectivity index (χ0n) is 10.7. The molecule has 1 aromatic heterocycles. The quantitative estimate of drug-likeness (QED) is 0.879. The Kier molecular flexibility index (Phi) is 3.97. The van der Waals surface area contributed by atoms with Crippen LogP contribution in [-0.2, 0) is 6.54 Å². The van der Waals surface area contributed by atoms with Gasteiger partial charge in [-0.2, -0.15) is 0 Å². The topological polar surface area (TPSA) is 29.9 Å². The zero-order chi connectivity index (χ0) is 13.0. The molecule has 0 aliphatic carbocycles. The van der Waals surface area contributed by atoms with Crippen LogP contribution in [0, 0.1) is 11.7 Å². The number of aromatic nitrogens is 2. The van der Waals surface area contributed by atoms with Gasteiger partial charge in [-0.3, -0.25) is 0 Å². The maximum absolute atomic E-state index is 13.1. The Bertz CT molecular complexity index is 505. The molecule has 1 aromatic carbocycles. The van der Waals surface area contributed by atoms with Crippen molar-refractivity contribution in [2.75, 3.05) is 11.9 Å². The van der Waals surface area contributed by atoms with E-state index in [4.69, 9.17) is 0 Å². The molecule has 1 N–H and O–H groups in total. The molecule has 0 atom stereocenters. The van der Waals surface area contributed by atoms with Crippen molar-refractivity contribution >= 4 is 5.95 Å². The second-order valence-corrected chi connectivity index (χ2v) is 4.78. The molecule has 2 rings (SSSR count). The molecular formula is C14H18FN3. The standard InChI is InChI=1S/C14H18FN3/c1-11(2)9-17-14-16-6-7-18(14)10-12-4-3-5-13(15)8-12/h3-8,11H,9-10H2,1-2H3,(H,16,17). The van der Waals surface area contributed by atoms with E-state index in [2.05, 4.69) is 24.1 Å². The van der Waals surface area contributed by atoms with E-state index in [-0.39, 0.29) is 5.82 Å². The van der Waals surface area contributed by atoms with E-state index in [0.29, 0.717) is 12.5 Å². The third-order valence-corrected chi connectivity index (χ3v) is 2.63. The van der Waals surface area contributed by atoms with Gasteiger partial charge in [0.15, 0.2) is 0 Å². The van der Waals surface area contributed by atoms with Gasteiger partial charge in [-0.15, -0.1) is 0 Å². The normalized spacial score (nSPS) is 10.9. The smallest absolute Gasteiger partial charge is 0.203 e. The van der Waals surface area contributed by atoms with Gasteiger partial charge < -0.3 is 9.88 Å². The first-order valence-corrected chi connectivity index (χ1v) is 6.14. The number of imidazole rings is 1. The van der Waals surface area contributed by atoms with Gasteiger partial charge in [0, 0.05) is 18.9 Å². The van der Waals surface area contributed by atoms with Gasteiger partial charge in [0.2, 0.25) is 5.95 Å². The van der Waals surface area contributed by atoms with Gasteiger partial charge in [-0.25, -0.2) is 9.37 Å². The van der Waals surface area contributed by atoms with Gasteiger partial charge in [0.1, 0.15) is 5.82 Å². The SMILES string of the molecule is CC(C)CNc1nccn1Cc1cccc(F)c1. The fraction of sp³-hybridized carbons (Fsp3) is 0.357. The molecule has 0 aliphatic heterocycles. The lowest BCUT2D eigenvalue weighted by Gasteiger charge is -2.11. The molecule has 0 unspecified atom stereocenters. The van der Waals surface area contributed by atoms with Crippen LogP contribution >= 0.6 is 0 Å². The summed E-state index contributed by atoms with van der Waals surface area (Å²) in [6.07, 6.45) is 3.65. The Labute approximate surface area is 107 Å². The molecule has 96 valence electrons. The summed E-state index contributed by atoms with van der Waals surface area (Å²) in [7, 11) is 0. The minimum atomic E-state index is -0.204. The highest BCUT2D eigenvalue weighted by Crippen LogP contribution is 2.11. The van der Waals surface area contributed by atoms with E-state index in [1.165, 1.54) is 6.07 Å². The van der Waals surface area contributed by atoms with E-state index < -0.39 is 0 Å². The van der Waals surface area contributed by atoms with Gasteiger partial charge in [-0.05, 0) is 23.6 Å². The number of anilines is 1. The lowest BCUT2D eigenvalue weighted by Crippen LogP contribution is -2.13. The van der Waals surface area contributed by atoms with Gasteiger partial charge in [-0.1, -0.05) is 26.0 Å². The third kappa shape index (κ3) is 3.32. The van der Waals surface area contributed by atoms with E-state index in [0.717, 1.165) is 18.1 Å². The van der Waals surface area contributed by atoms with Crippen molar-refractivity contribution in [2.45, 2.75) is 20.4 Å². The largest absolute Gasteiger partial charge is 0.355 e. The van der Waals surface area contributed by atoms with Crippen molar-refractivity contribution in [1.82, 2.24) is 9.55 Å². The summed E-state index contributed by atoms with van der Waals surface area (Å²) in [5.74, 6) is 1.18. The molecule has 0 amide bonds. The summed E-state index contributed by atoms with van der Waals surface area (Å²) in [5, 5.41) is 3.29. The number of rotatable bonds is 5. The van der Waals surface area contributed by atoms with Gasteiger partial charge >= 0.3 is 0 Å². The molecule has 0 saturated heterocycles. The molecule has 0 fully saturated rings. The number of halogens is 1. The number of benzene rings is 1. The first-order valence-electron chi connectivity index (χ1n) is 6.14. The third-order valence-electron chi connectivity index (χ3n) is 2.63. The van der Waals surface area contributed by atoms with Crippen LogP contribution in [0.15, 0.2) is 36.7 Å². The predicted octanol–water partition coefficient (Wildman–Crippen LogP) is 3.14. The van der Waals surface area contributed by atoms with Crippen LogP contribution in [0.3, 0.4) is 0 Å². The Morgan fingerprint density at radius 2 is 2.22 bits per heavy atom. The molecule has 1 heterocycles. The molecule has 0 radical (unpaired) electrons. The minimum Gasteiger partial charge on any atom is -0.355 e. The van der Waals surface area contributed by atoms with E-state index in [1.54, 1.807) is 18.3 Å². The second-order valence-electron chi connectivity index (χ2n) is 4.78. The maximum Gasteiger partial charge on any atom is 0.203 e. The lowest BCUT2D eigenvalue weighted by molar-refractivity contribution is 0.623. The summed E-state index contributed by atoms with van der Waals surface area (Å²) in [5.41, 5.74) is 0.931. The summed E-state index contributed by atoms with van der Waals surface area (Å²) >= 11 is 0. The Hall–Kier alpha value is -1.84. The molecule has 3 nitrogen and oxygen atoms in total. The average Bonchev–Trinajstić information content (AvgIpc) is 2.74. The van der Waals surface area contributed by atoms with Crippen molar-refractivity contribution in [3.63, 3.8) is 0 Å². The molecule has 0 spiro atoms. The Morgan fingerprint density at radius 1 is 1.39 bits per heavy atom. The molecule has 2 aromatic rings. The lowest BCUT2D eigenvalue weighted by atomic mass is 10.2. The van der Waals surface area contributed by atoms with Crippen LogP contribution in [0.4, 0.5) is 10.3 Å². The highest BCUT2D eigenvalue weighted by molar-refractivity contribution is 5.28. The van der Waals surface area contributed by atoms with Crippen LogP contribution in [0.2, 0.25) is 0 Å². The van der Waals surface area contributed by atoms with Crippen LogP contribution in [0.5, 0.6) is 0 Å². The summed E-state index contributed by atoms with van der Waals surface area (Å²) < 4.78 is 15.1. The van der Waals surface area contributed by atoms with Gasteiger partial charge in [0.25, 0.3) is 0 Å². The monoisotopic (exact) mass is 247 g/mol. The highest BCUT2D eigenvalue weighted by atomic mass is 19.1. The second kappa shape index (κ2) is 5.67. The van der Waals surface area contributed by atoms with Crippen molar-refractivity contribution < 1.29 is 4.39 Å². The zero-order valence-corrected chi connectivity index (χ0v) is 10.7. The van der Waals surface area contributed by atoms with E-state index in [1.807, 2.05) is 16.8 Å². The summed E-state index contributed by atoms with van der Waals surface area (Å²) in [4.78, 5) is 4.26. The summed E-state index contributed by atoms with van der Waals surface area (Å²) in [6, 6.07) is 6.64. The van der Waals surface area contributed by atoms with E-state index in [9.17, 15) is 4.39 Å².